The van der Waals surface area contributed by atoms with Crippen molar-refractivity contribution in [1.82, 2.24) is 14.3 Å². The summed E-state index contributed by atoms with van der Waals surface area (Å²) in [6, 6.07) is 14.5. The van der Waals surface area contributed by atoms with Gasteiger partial charge in [0.1, 0.15) is 11.6 Å². The first-order valence-corrected chi connectivity index (χ1v) is 15.1. The van der Waals surface area contributed by atoms with Gasteiger partial charge in [0.15, 0.2) is 5.15 Å². The molecule has 0 saturated carbocycles. The lowest BCUT2D eigenvalue weighted by molar-refractivity contribution is -0.115. The Hall–Kier alpha value is -3.07. The van der Waals surface area contributed by atoms with Crippen LogP contribution in [0.25, 0.3) is 12.2 Å². The van der Waals surface area contributed by atoms with Crippen LogP contribution < -0.4 is 9.46 Å². The van der Waals surface area contributed by atoms with Crippen molar-refractivity contribution in [3.05, 3.63) is 92.3 Å². The number of carbonyl (C=O) groups is 1. The summed E-state index contributed by atoms with van der Waals surface area (Å²) in [5.41, 5.74) is 2.15. The maximum Gasteiger partial charge on any atom is 0.260 e. The van der Waals surface area contributed by atoms with Crippen molar-refractivity contribution < 1.29 is 17.9 Å². The molecule has 10 heteroatoms. The van der Waals surface area contributed by atoms with E-state index >= 15 is 0 Å². The molecule has 1 amide bonds. The van der Waals surface area contributed by atoms with Crippen LogP contribution in [-0.4, -0.2) is 30.5 Å². The molecule has 0 aliphatic rings. The standard InChI is InChI=1S/C29H33Cl2N3O4S/c1-4-6-10-16-38-24-14-13-23(25(30)19-24)20-34-26(28(31)32-27(34)5-2)18-21(3)29(35)33-39(36,37)17-15-22-11-8-7-9-12-22/h7-9,11-15,17-19H,4-6,10,16,20H2,1-3H3,(H,33,35)/b17-15+,21-18+. The molecule has 39 heavy (non-hydrogen) atoms. The smallest absolute Gasteiger partial charge is 0.260 e. The Morgan fingerprint density at radius 1 is 1.10 bits per heavy atom. The number of halogens is 2. The number of ether oxygens (including phenoxy) is 1. The highest BCUT2D eigenvalue weighted by molar-refractivity contribution is 7.93. The third-order valence-corrected chi connectivity index (χ3v) is 7.51. The molecule has 0 atom stereocenters. The number of aryl methyl sites for hydroxylation is 1. The first-order chi connectivity index (χ1) is 18.6. The zero-order valence-electron chi connectivity index (χ0n) is 22.3. The molecule has 1 N–H and O–H groups in total. The summed E-state index contributed by atoms with van der Waals surface area (Å²) >= 11 is 13.0. The van der Waals surface area contributed by atoms with Gasteiger partial charge < -0.3 is 9.30 Å². The number of aromatic nitrogens is 2. The first kappa shape index (κ1) is 30.5. The van der Waals surface area contributed by atoms with E-state index in [1.165, 1.54) is 19.1 Å². The molecule has 2 aromatic carbocycles. The Bertz CT molecular complexity index is 1450. The van der Waals surface area contributed by atoms with E-state index in [0.29, 0.717) is 47.4 Å². The second-order valence-electron chi connectivity index (χ2n) is 8.97. The van der Waals surface area contributed by atoms with Crippen LogP contribution in [0.4, 0.5) is 0 Å². The summed E-state index contributed by atoms with van der Waals surface area (Å²) in [5.74, 6) is 0.639. The second kappa shape index (κ2) is 14.4. The molecule has 0 saturated heterocycles. The normalized spacial score (nSPS) is 12.2. The van der Waals surface area contributed by atoms with Crippen molar-refractivity contribution >= 4 is 51.3 Å². The number of nitrogens with zero attached hydrogens (tertiary/aromatic N) is 2. The van der Waals surface area contributed by atoms with Crippen molar-refractivity contribution in [2.75, 3.05) is 6.61 Å². The number of carbonyl (C=O) groups excluding carboxylic acids is 1. The molecule has 1 heterocycles. The van der Waals surface area contributed by atoms with Gasteiger partial charge in [-0.25, -0.2) is 18.1 Å². The van der Waals surface area contributed by atoms with Crippen LogP contribution in [0.3, 0.4) is 0 Å². The van der Waals surface area contributed by atoms with Crippen molar-refractivity contribution in [3.63, 3.8) is 0 Å². The number of imidazole rings is 1. The van der Waals surface area contributed by atoms with Crippen LogP contribution >= 0.6 is 23.2 Å². The van der Waals surface area contributed by atoms with Gasteiger partial charge in [0.05, 0.1) is 24.3 Å². The van der Waals surface area contributed by atoms with E-state index in [1.54, 1.807) is 30.3 Å². The molecule has 208 valence electrons. The number of nitrogens with one attached hydrogen (secondary N) is 1. The van der Waals surface area contributed by atoms with Crippen molar-refractivity contribution in [1.29, 1.82) is 0 Å². The monoisotopic (exact) mass is 589 g/mol. The third-order valence-electron chi connectivity index (χ3n) is 5.91. The SMILES string of the molecule is CCCCCOc1ccc(Cn2c(CC)nc(Cl)c2/C=C(\C)C(=O)NS(=O)(=O)/C=C/c2ccccc2)c(Cl)c1. The third kappa shape index (κ3) is 8.98. The van der Waals surface area contributed by atoms with Gasteiger partial charge in [-0.05, 0) is 48.8 Å². The summed E-state index contributed by atoms with van der Waals surface area (Å²) in [6.45, 7) is 6.60. The lowest BCUT2D eigenvalue weighted by Gasteiger charge is -2.13. The molecule has 0 fully saturated rings. The Morgan fingerprint density at radius 2 is 1.85 bits per heavy atom. The van der Waals surface area contributed by atoms with E-state index in [4.69, 9.17) is 27.9 Å². The highest BCUT2D eigenvalue weighted by Gasteiger charge is 2.18. The van der Waals surface area contributed by atoms with Gasteiger partial charge in [0.25, 0.3) is 15.9 Å². The molecule has 3 rings (SSSR count). The van der Waals surface area contributed by atoms with Crippen LogP contribution in [0, 0.1) is 0 Å². The Kier molecular flexibility index (Phi) is 11.2. The fourth-order valence-corrected chi connectivity index (χ4v) is 5.08. The van der Waals surface area contributed by atoms with Gasteiger partial charge >= 0.3 is 0 Å². The van der Waals surface area contributed by atoms with Crippen molar-refractivity contribution in [2.45, 2.75) is 53.0 Å². The Morgan fingerprint density at radius 3 is 2.51 bits per heavy atom. The highest BCUT2D eigenvalue weighted by atomic mass is 35.5. The summed E-state index contributed by atoms with van der Waals surface area (Å²) in [4.78, 5) is 17.2. The number of unbranched alkanes of at least 4 members (excludes halogenated alkanes) is 2. The van der Waals surface area contributed by atoms with E-state index in [2.05, 4.69) is 16.6 Å². The maximum absolute atomic E-state index is 12.8. The average Bonchev–Trinajstić information content (AvgIpc) is 3.21. The molecular formula is C29H33Cl2N3O4S. The lowest BCUT2D eigenvalue weighted by atomic mass is 10.2. The number of hydrogen-bond acceptors (Lipinski definition) is 5. The fraction of sp³-hybridized carbons (Fsp3) is 0.310. The molecule has 1 aromatic heterocycles. The van der Waals surface area contributed by atoms with E-state index in [9.17, 15) is 13.2 Å². The van der Waals surface area contributed by atoms with Gasteiger partial charge in [0.2, 0.25) is 0 Å². The summed E-state index contributed by atoms with van der Waals surface area (Å²) < 4.78 is 34.6. The lowest BCUT2D eigenvalue weighted by Crippen LogP contribution is -2.29. The summed E-state index contributed by atoms with van der Waals surface area (Å²) in [7, 11) is -4.01. The maximum atomic E-state index is 12.8. The van der Waals surface area contributed by atoms with Gasteiger partial charge in [-0.2, -0.15) is 0 Å². The predicted octanol–water partition coefficient (Wildman–Crippen LogP) is 6.89. The number of rotatable bonds is 13. The van der Waals surface area contributed by atoms with Crippen LogP contribution in [-0.2, 0) is 27.8 Å². The first-order valence-electron chi connectivity index (χ1n) is 12.8. The number of hydrogen-bond donors (Lipinski definition) is 1. The summed E-state index contributed by atoms with van der Waals surface area (Å²) in [6.07, 6.45) is 6.75. The second-order valence-corrected chi connectivity index (χ2v) is 11.3. The minimum Gasteiger partial charge on any atom is -0.494 e. The van der Waals surface area contributed by atoms with Crippen LogP contribution in [0.15, 0.2) is 59.5 Å². The van der Waals surface area contributed by atoms with E-state index in [-0.39, 0.29) is 10.7 Å². The van der Waals surface area contributed by atoms with Crippen LogP contribution in [0.5, 0.6) is 5.75 Å². The zero-order valence-corrected chi connectivity index (χ0v) is 24.6. The topological polar surface area (TPSA) is 90.3 Å². The molecular weight excluding hydrogens is 557 g/mol. The minimum atomic E-state index is -4.01. The molecule has 0 aliphatic carbocycles. The van der Waals surface area contributed by atoms with Crippen molar-refractivity contribution in [2.24, 2.45) is 0 Å². The molecule has 0 bridgehead atoms. The van der Waals surface area contributed by atoms with Gasteiger partial charge in [-0.3, -0.25) is 4.79 Å². The van der Waals surface area contributed by atoms with E-state index < -0.39 is 15.9 Å². The number of benzene rings is 2. The minimum absolute atomic E-state index is 0.152. The van der Waals surface area contributed by atoms with Crippen LogP contribution in [0.2, 0.25) is 10.2 Å². The van der Waals surface area contributed by atoms with Gasteiger partial charge in [0, 0.05) is 17.0 Å². The zero-order chi connectivity index (χ0) is 28.4. The molecule has 3 aromatic rings. The Balaban J connectivity index is 1.79. The van der Waals surface area contributed by atoms with Gasteiger partial charge in [-0.15, -0.1) is 0 Å². The molecule has 0 aliphatic heterocycles. The molecule has 7 nitrogen and oxygen atoms in total. The Labute approximate surface area is 240 Å². The van der Waals surface area contributed by atoms with Crippen LogP contribution in [0.1, 0.15) is 62.7 Å². The number of amides is 1. The molecule has 0 radical (unpaired) electrons. The molecule has 0 unspecified atom stereocenters. The number of sulfonamides is 1. The van der Waals surface area contributed by atoms with Crippen molar-refractivity contribution in [3.8, 4) is 5.75 Å². The fourth-order valence-electron chi connectivity index (χ4n) is 3.77. The largest absolute Gasteiger partial charge is 0.494 e. The van der Waals surface area contributed by atoms with E-state index in [0.717, 1.165) is 30.2 Å². The quantitative estimate of drug-likeness (QED) is 0.173. The van der Waals surface area contributed by atoms with E-state index in [1.807, 2.05) is 29.7 Å². The molecule has 0 spiro atoms. The predicted molar refractivity (Wildman–Crippen MR) is 158 cm³/mol. The highest BCUT2D eigenvalue weighted by Crippen LogP contribution is 2.27. The average molecular weight is 591 g/mol. The van der Waals surface area contributed by atoms with Gasteiger partial charge in [-0.1, -0.05) is 86.3 Å². The summed E-state index contributed by atoms with van der Waals surface area (Å²) in [5, 5.41) is 1.70.